The van der Waals surface area contributed by atoms with E-state index < -0.39 is 0 Å². The minimum Gasteiger partial charge on any atom is -0.486 e. The van der Waals surface area contributed by atoms with E-state index in [1.54, 1.807) is 0 Å². The van der Waals surface area contributed by atoms with Gasteiger partial charge in [0.15, 0.2) is 11.5 Å². The second-order valence-electron chi connectivity index (χ2n) is 4.46. The van der Waals surface area contributed by atoms with Gasteiger partial charge < -0.3 is 14.8 Å². The molecule has 1 aromatic carbocycles. The minimum absolute atomic E-state index is 0.0524. The fourth-order valence-corrected chi connectivity index (χ4v) is 1.88. The molecule has 0 radical (unpaired) electrons. The Hall–Kier alpha value is -1.71. The Morgan fingerprint density at radius 2 is 1.94 bits per heavy atom. The number of benzene rings is 1. The lowest BCUT2D eigenvalue weighted by Gasteiger charge is -2.20. The molecule has 0 spiro atoms. The predicted octanol–water partition coefficient (Wildman–Crippen LogP) is 2.89. The van der Waals surface area contributed by atoms with Crippen molar-refractivity contribution >= 4 is 11.6 Å². The third kappa shape index (κ3) is 2.94. The monoisotopic (exact) mass is 249 g/mol. The summed E-state index contributed by atoms with van der Waals surface area (Å²) in [6.07, 6.45) is 2.49. The molecule has 0 unspecified atom stereocenters. The number of amides is 1. The predicted molar refractivity (Wildman–Crippen MR) is 70.3 cm³/mol. The van der Waals surface area contributed by atoms with Crippen molar-refractivity contribution in [3.8, 4) is 11.5 Å². The Bertz CT molecular complexity index is 443. The summed E-state index contributed by atoms with van der Waals surface area (Å²) in [6.45, 7) is 5.16. The second kappa shape index (κ2) is 5.76. The molecule has 0 fully saturated rings. The number of anilines is 1. The van der Waals surface area contributed by atoms with Crippen LogP contribution in [0.3, 0.4) is 0 Å². The zero-order chi connectivity index (χ0) is 13.0. The van der Waals surface area contributed by atoms with Gasteiger partial charge in [-0.1, -0.05) is 13.3 Å². The lowest BCUT2D eigenvalue weighted by atomic mass is 10.1. The van der Waals surface area contributed by atoms with E-state index in [0.29, 0.717) is 25.4 Å². The molecule has 98 valence electrons. The third-order valence-electron chi connectivity index (χ3n) is 2.92. The summed E-state index contributed by atoms with van der Waals surface area (Å²) >= 11 is 0. The highest BCUT2D eigenvalue weighted by Crippen LogP contribution is 2.35. The van der Waals surface area contributed by atoms with Crippen molar-refractivity contribution in [2.75, 3.05) is 18.5 Å². The van der Waals surface area contributed by atoms with Gasteiger partial charge in [-0.2, -0.15) is 0 Å². The van der Waals surface area contributed by atoms with Crippen LogP contribution in [0.15, 0.2) is 12.1 Å². The van der Waals surface area contributed by atoms with Gasteiger partial charge in [0.25, 0.3) is 0 Å². The number of aryl methyl sites for hydroxylation is 1. The van der Waals surface area contributed by atoms with Crippen LogP contribution in [-0.2, 0) is 4.79 Å². The van der Waals surface area contributed by atoms with Crippen LogP contribution in [0, 0.1) is 6.92 Å². The lowest BCUT2D eigenvalue weighted by molar-refractivity contribution is -0.116. The highest BCUT2D eigenvalue weighted by atomic mass is 16.6. The maximum atomic E-state index is 11.7. The maximum Gasteiger partial charge on any atom is 0.224 e. The van der Waals surface area contributed by atoms with Crippen LogP contribution in [0.4, 0.5) is 5.69 Å². The average molecular weight is 249 g/mol. The molecular weight excluding hydrogens is 230 g/mol. The van der Waals surface area contributed by atoms with Gasteiger partial charge in [-0.3, -0.25) is 4.79 Å². The van der Waals surface area contributed by atoms with Crippen LogP contribution in [0.2, 0.25) is 0 Å². The van der Waals surface area contributed by atoms with E-state index in [4.69, 9.17) is 9.47 Å². The van der Waals surface area contributed by atoms with Crippen molar-refractivity contribution in [1.29, 1.82) is 0 Å². The number of hydrogen-bond acceptors (Lipinski definition) is 3. The van der Waals surface area contributed by atoms with Crippen molar-refractivity contribution in [3.63, 3.8) is 0 Å². The number of ether oxygens (including phenoxy) is 2. The Morgan fingerprint density at radius 3 is 2.61 bits per heavy atom. The van der Waals surface area contributed by atoms with Gasteiger partial charge in [0.05, 0.1) is 0 Å². The van der Waals surface area contributed by atoms with Crippen LogP contribution in [0.5, 0.6) is 11.5 Å². The molecule has 0 bridgehead atoms. The molecular formula is C14H19NO3. The minimum atomic E-state index is 0.0524. The van der Waals surface area contributed by atoms with Crippen molar-refractivity contribution < 1.29 is 14.3 Å². The first kappa shape index (κ1) is 12.7. The molecule has 2 rings (SSSR count). The molecule has 4 heteroatoms. The van der Waals surface area contributed by atoms with E-state index in [-0.39, 0.29) is 5.91 Å². The fourth-order valence-electron chi connectivity index (χ4n) is 1.88. The number of carbonyl (C=O) groups is 1. The van der Waals surface area contributed by atoms with Crippen molar-refractivity contribution in [3.05, 3.63) is 17.7 Å². The number of hydrogen-bond donors (Lipinski definition) is 1. The highest BCUT2D eigenvalue weighted by Gasteiger charge is 2.15. The van der Waals surface area contributed by atoms with Gasteiger partial charge in [-0.05, 0) is 25.0 Å². The largest absolute Gasteiger partial charge is 0.486 e. The molecule has 18 heavy (non-hydrogen) atoms. The molecule has 4 nitrogen and oxygen atoms in total. The SMILES string of the molecule is CCCCC(=O)Nc1cc2c(cc1C)OCCO2. The van der Waals surface area contributed by atoms with Gasteiger partial charge in [-0.15, -0.1) is 0 Å². The van der Waals surface area contributed by atoms with Gasteiger partial charge in [0.2, 0.25) is 5.91 Å². The van der Waals surface area contributed by atoms with Crippen LogP contribution in [-0.4, -0.2) is 19.1 Å². The van der Waals surface area contributed by atoms with Gasteiger partial charge in [0, 0.05) is 18.2 Å². The summed E-state index contributed by atoms with van der Waals surface area (Å²) < 4.78 is 11.0. The maximum absolute atomic E-state index is 11.7. The first-order valence-electron chi connectivity index (χ1n) is 6.41. The third-order valence-corrected chi connectivity index (χ3v) is 2.92. The van der Waals surface area contributed by atoms with Crippen molar-refractivity contribution in [2.24, 2.45) is 0 Å². The summed E-state index contributed by atoms with van der Waals surface area (Å²) in [6, 6.07) is 3.75. The van der Waals surface area contributed by atoms with Crippen LogP contribution < -0.4 is 14.8 Å². The number of fused-ring (bicyclic) bond motifs is 1. The van der Waals surface area contributed by atoms with E-state index in [9.17, 15) is 4.79 Å². The van der Waals surface area contributed by atoms with Crippen LogP contribution in [0.1, 0.15) is 31.7 Å². The van der Waals surface area contributed by atoms with E-state index in [1.165, 1.54) is 0 Å². The standard InChI is InChI=1S/C14H19NO3/c1-3-4-5-14(16)15-11-9-13-12(8-10(11)2)17-6-7-18-13/h8-9H,3-7H2,1-2H3,(H,15,16). The number of unbranched alkanes of at least 4 members (excludes halogenated alkanes) is 1. The van der Waals surface area contributed by atoms with Gasteiger partial charge in [0.1, 0.15) is 13.2 Å². The van der Waals surface area contributed by atoms with E-state index in [0.717, 1.165) is 29.8 Å². The summed E-state index contributed by atoms with van der Waals surface area (Å²) in [5.41, 5.74) is 1.80. The van der Waals surface area contributed by atoms with E-state index >= 15 is 0 Å². The summed E-state index contributed by atoms with van der Waals surface area (Å²) in [5.74, 6) is 1.51. The molecule has 0 aliphatic carbocycles. The normalized spacial score (nSPS) is 13.2. The average Bonchev–Trinajstić information content (AvgIpc) is 2.37. The zero-order valence-corrected chi connectivity index (χ0v) is 10.9. The molecule has 1 aliphatic heterocycles. The molecule has 1 aliphatic rings. The molecule has 0 aromatic heterocycles. The second-order valence-corrected chi connectivity index (χ2v) is 4.46. The number of rotatable bonds is 4. The van der Waals surface area contributed by atoms with Crippen LogP contribution in [0.25, 0.3) is 0 Å². The summed E-state index contributed by atoms with van der Waals surface area (Å²) in [5, 5.41) is 2.92. The Kier molecular flexibility index (Phi) is 4.07. The topological polar surface area (TPSA) is 47.6 Å². The van der Waals surface area contributed by atoms with Gasteiger partial charge in [-0.25, -0.2) is 0 Å². The summed E-state index contributed by atoms with van der Waals surface area (Å²) in [7, 11) is 0. The first-order valence-corrected chi connectivity index (χ1v) is 6.41. The zero-order valence-electron chi connectivity index (χ0n) is 10.9. The molecule has 0 atom stereocenters. The summed E-state index contributed by atoms with van der Waals surface area (Å²) in [4.78, 5) is 11.7. The quantitative estimate of drug-likeness (QED) is 0.892. The molecule has 1 amide bonds. The van der Waals surface area contributed by atoms with Gasteiger partial charge >= 0.3 is 0 Å². The number of carbonyl (C=O) groups excluding carboxylic acids is 1. The Labute approximate surface area is 107 Å². The first-order chi connectivity index (χ1) is 8.70. The molecule has 1 N–H and O–H groups in total. The lowest BCUT2D eigenvalue weighted by Crippen LogP contribution is -2.17. The smallest absolute Gasteiger partial charge is 0.224 e. The molecule has 1 heterocycles. The van der Waals surface area contributed by atoms with Crippen molar-refractivity contribution in [1.82, 2.24) is 0 Å². The van der Waals surface area contributed by atoms with Crippen molar-refractivity contribution in [2.45, 2.75) is 33.1 Å². The molecule has 0 saturated carbocycles. The Morgan fingerprint density at radius 1 is 1.28 bits per heavy atom. The number of nitrogens with one attached hydrogen (secondary N) is 1. The van der Waals surface area contributed by atoms with Crippen LogP contribution >= 0.6 is 0 Å². The molecule has 1 aromatic rings. The highest BCUT2D eigenvalue weighted by molar-refractivity contribution is 5.91. The van der Waals surface area contributed by atoms with E-state index in [1.807, 2.05) is 19.1 Å². The molecule has 0 saturated heterocycles. The Balaban J connectivity index is 2.10. The fraction of sp³-hybridized carbons (Fsp3) is 0.500. The van der Waals surface area contributed by atoms with E-state index in [2.05, 4.69) is 12.2 Å².